The maximum atomic E-state index is 4.71. The van der Waals surface area contributed by atoms with E-state index in [2.05, 4.69) is 50.4 Å². The Kier molecular flexibility index (Phi) is 4.30. The van der Waals surface area contributed by atoms with Crippen LogP contribution in [0.3, 0.4) is 0 Å². The highest BCUT2D eigenvalue weighted by Crippen LogP contribution is 2.25. The summed E-state index contributed by atoms with van der Waals surface area (Å²) in [6, 6.07) is 0.281. The van der Waals surface area contributed by atoms with E-state index in [-0.39, 0.29) is 11.5 Å². The number of nitrogens with zero attached hydrogens (tertiary/aromatic N) is 3. The van der Waals surface area contributed by atoms with E-state index in [0.717, 1.165) is 12.2 Å². The Bertz CT molecular complexity index is 577. The first-order valence-electron chi connectivity index (χ1n) is 6.96. The minimum atomic E-state index is 0.133. The van der Waals surface area contributed by atoms with Gasteiger partial charge in [-0.3, -0.25) is 4.68 Å². The quantitative estimate of drug-likeness (QED) is 0.940. The summed E-state index contributed by atoms with van der Waals surface area (Å²) in [6.07, 6.45) is 1.94. The molecule has 4 nitrogen and oxygen atoms in total. The van der Waals surface area contributed by atoms with Crippen molar-refractivity contribution in [2.24, 2.45) is 7.05 Å². The van der Waals surface area contributed by atoms with Crippen LogP contribution < -0.4 is 5.32 Å². The van der Waals surface area contributed by atoms with Gasteiger partial charge < -0.3 is 5.32 Å². The van der Waals surface area contributed by atoms with Gasteiger partial charge in [0.15, 0.2) is 0 Å². The molecule has 20 heavy (non-hydrogen) atoms. The van der Waals surface area contributed by atoms with Crippen LogP contribution in [0.25, 0.3) is 0 Å². The minimum absolute atomic E-state index is 0.133. The molecule has 2 rings (SSSR count). The molecule has 5 heteroatoms. The highest BCUT2D eigenvalue weighted by molar-refractivity contribution is 7.09. The summed E-state index contributed by atoms with van der Waals surface area (Å²) in [5, 5.41) is 11.2. The van der Waals surface area contributed by atoms with Crippen LogP contribution in [0.15, 0.2) is 11.6 Å². The number of aromatic nitrogens is 3. The van der Waals surface area contributed by atoms with Crippen molar-refractivity contribution in [2.45, 2.75) is 52.6 Å². The average Bonchev–Trinajstić information content (AvgIpc) is 2.95. The SMILES string of the molecule is Cc1c(C(C)NCc2csc(C(C)(C)C)n2)cnn1C. The van der Waals surface area contributed by atoms with Crippen molar-refractivity contribution >= 4 is 11.3 Å². The summed E-state index contributed by atoms with van der Waals surface area (Å²) < 4.78 is 1.91. The lowest BCUT2D eigenvalue weighted by Crippen LogP contribution is -2.19. The maximum Gasteiger partial charge on any atom is 0.0982 e. The van der Waals surface area contributed by atoms with Gasteiger partial charge in [0, 0.05) is 41.7 Å². The first kappa shape index (κ1) is 15.2. The molecule has 1 atom stereocenters. The van der Waals surface area contributed by atoms with E-state index in [4.69, 9.17) is 4.98 Å². The predicted octanol–water partition coefficient (Wildman–Crippen LogP) is 3.33. The lowest BCUT2D eigenvalue weighted by Gasteiger charge is -2.14. The van der Waals surface area contributed by atoms with Crippen molar-refractivity contribution in [1.29, 1.82) is 0 Å². The predicted molar refractivity (Wildman–Crippen MR) is 84.0 cm³/mol. The summed E-state index contributed by atoms with van der Waals surface area (Å²) in [4.78, 5) is 4.71. The molecule has 1 unspecified atom stereocenters. The number of thiazole rings is 1. The summed E-state index contributed by atoms with van der Waals surface area (Å²) in [7, 11) is 1.97. The van der Waals surface area contributed by atoms with Crippen molar-refractivity contribution in [3.8, 4) is 0 Å². The van der Waals surface area contributed by atoms with Crippen LogP contribution in [0.5, 0.6) is 0 Å². The smallest absolute Gasteiger partial charge is 0.0982 e. The molecule has 0 saturated heterocycles. The van der Waals surface area contributed by atoms with Gasteiger partial charge >= 0.3 is 0 Å². The first-order chi connectivity index (χ1) is 9.29. The monoisotopic (exact) mass is 292 g/mol. The van der Waals surface area contributed by atoms with Gasteiger partial charge in [-0.2, -0.15) is 5.10 Å². The Morgan fingerprint density at radius 2 is 2.10 bits per heavy atom. The maximum absolute atomic E-state index is 4.71. The molecule has 0 radical (unpaired) electrons. The van der Waals surface area contributed by atoms with E-state index < -0.39 is 0 Å². The van der Waals surface area contributed by atoms with Gasteiger partial charge in [-0.1, -0.05) is 20.8 Å². The van der Waals surface area contributed by atoms with Gasteiger partial charge in [-0.25, -0.2) is 4.98 Å². The molecule has 2 heterocycles. The van der Waals surface area contributed by atoms with Crippen LogP contribution in [0.2, 0.25) is 0 Å². The Hall–Kier alpha value is -1.20. The van der Waals surface area contributed by atoms with Crippen LogP contribution in [0.4, 0.5) is 0 Å². The van der Waals surface area contributed by atoms with E-state index in [1.165, 1.54) is 16.3 Å². The Morgan fingerprint density at radius 3 is 2.60 bits per heavy atom. The number of rotatable bonds is 4. The third-order valence-corrected chi connectivity index (χ3v) is 4.84. The van der Waals surface area contributed by atoms with Gasteiger partial charge in [-0.05, 0) is 13.8 Å². The second-order valence-electron chi connectivity index (χ2n) is 6.31. The number of hydrogen-bond donors (Lipinski definition) is 1. The molecular formula is C15H24N4S. The second-order valence-corrected chi connectivity index (χ2v) is 7.16. The van der Waals surface area contributed by atoms with Crippen LogP contribution in [0.1, 0.15) is 55.7 Å². The fourth-order valence-corrected chi connectivity index (χ4v) is 2.95. The minimum Gasteiger partial charge on any atom is -0.304 e. The molecular weight excluding hydrogens is 268 g/mol. The molecule has 0 aliphatic rings. The molecule has 0 bridgehead atoms. The summed E-state index contributed by atoms with van der Waals surface area (Å²) in [5.74, 6) is 0. The number of hydrogen-bond acceptors (Lipinski definition) is 4. The average molecular weight is 292 g/mol. The van der Waals surface area contributed by atoms with Crippen molar-refractivity contribution < 1.29 is 0 Å². The van der Waals surface area contributed by atoms with Crippen LogP contribution >= 0.6 is 11.3 Å². The highest BCUT2D eigenvalue weighted by Gasteiger charge is 2.18. The largest absolute Gasteiger partial charge is 0.304 e. The lowest BCUT2D eigenvalue weighted by molar-refractivity contribution is 0.554. The molecule has 0 aliphatic carbocycles. The number of aryl methyl sites for hydroxylation is 1. The molecule has 1 N–H and O–H groups in total. The van der Waals surface area contributed by atoms with E-state index in [0.29, 0.717) is 0 Å². The molecule has 110 valence electrons. The van der Waals surface area contributed by atoms with Gasteiger partial charge in [0.1, 0.15) is 0 Å². The van der Waals surface area contributed by atoms with Crippen molar-refractivity contribution in [1.82, 2.24) is 20.1 Å². The topological polar surface area (TPSA) is 42.7 Å². The Morgan fingerprint density at radius 1 is 1.40 bits per heavy atom. The number of nitrogens with one attached hydrogen (secondary N) is 1. The van der Waals surface area contributed by atoms with Crippen LogP contribution in [0, 0.1) is 6.92 Å². The van der Waals surface area contributed by atoms with Crippen molar-refractivity contribution in [3.63, 3.8) is 0 Å². The highest BCUT2D eigenvalue weighted by atomic mass is 32.1. The standard InChI is InChI=1S/C15H24N4S/c1-10(13-8-17-19(6)11(13)2)16-7-12-9-20-14(18-12)15(3,4)5/h8-10,16H,7H2,1-6H3. The normalized spacial score (nSPS) is 13.7. The lowest BCUT2D eigenvalue weighted by atomic mass is 9.98. The van der Waals surface area contributed by atoms with Gasteiger partial charge in [0.25, 0.3) is 0 Å². The van der Waals surface area contributed by atoms with E-state index in [1.807, 2.05) is 17.9 Å². The van der Waals surface area contributed by atoms with Crippen molar-refractivity contribution in [3.05, 3.63) is 33.5 Å². The molecule has 0 aromatic carbocycles. The third-order valence-electron chi connectivity index (χ3n) is 3.52. The zero-order valence-corrected chi connectivity index (χ0v) is 14.0. The zero-order valence-electron chi connectivity index (χ0n) is 13.2. The fraction of sp³-hybridized carbons (Fsp3) is 0.600. The molecule has 0 amide bonds. The summed E-state index contributed by atoms with van der Waals surface area (Å²) >= 11 is 1.74. The molecule has 2 aromatic rings. The van der Waals surface area contributed by atoms with E-state index in [1.54, 1.807) is 11.3 Å². The zero-order chi connectivity index (χ0) is 14.9. The Balaban J connectivity index is 1.99. The van der Waals surface area contributed by atoms with Crippen molar-refractivity contribution in [2.75, 3.05) is 0 Å². The molecule has 2 aromatic heterocycles. The Labute approximate surface area is 125 Å². The van der Waals surface area contributed by atoms with Gasteiger partial charge in [-0.15, -0.1) is 11.3 Å². The molecule has 0 fully saturated rings. The summed E-state index contributed by atoms with van der Waals surface area (Å²) in [5.41, 5.74) is 3.71. The van der Waals surface area contributed by atoms with Gasteiger partial charge in [0.05, 0.1) is 16.9 Å². The third kappa shape index (κ3) is 3.27. The second kappa shape index (κ2) is 5.66. The fourth-order valence-electron chi connectivity index (χ4n) is 2.04. The summed E-state index contributed by atoms with van der Waals surface area (Å²) in [6.45, 7) is 11.7. The van der Waals surface area contributed by atoms with E-state index in [9.17, 15) is 0 Å². The van der Waals surface area contributed by atoms with Crippen LogP contribution in [-0.4, -0.2) is 14.8 Å². The molecule has 0 aliphatic heterocycles. The van der Waals surface area contributed by atoms with E-state index >= 15 is 0 Å². The first-order valence-corrected chi connectivity index (χ1v) is 7.83. The molecule has 0 saturated carbocycles. The van der Waals surface area contributed by atoms with Gasteiger partial charge in [0.2, 0.25) is 0 Å². The van der Waals surface area contributed by atoms with Crippen LogP contribution in [-0.2, 0) is 19.0 Å². The molecule has 0 spiro atoms.